The van der Waals surface area contributed by atoms with Crippen LogP contribution < -0.4 is 21.5 Å². The lowest BCUT2D eigenvalue weighted by atomic mass is 10.1. The Morgan fingerprint density at radius 1 is 0.971 bits per heavy atom. The van der Waals surface area contributed by atoms with Crippen molar-refractivity contribution >= 4 is 22.5 Å². The molecule has 35 heavy (non-hydrogen) atoms. The summed E-state index contributed by atoms with van der Waals surface area (Å²) in [5, 5.41) is 5.25. The third-order valence-corrected chi connectivity index (χ3v) is 6.04. The van der Waals surface area contributed by atoms with Crippen LogP contribution in [-0.2, 0) is 19.4 Å². The summed E-state index contributed by atoms with van der Waals surface area (Å²) in [6.07, 6.45) is 3.59. The van der Waals surface area contributed by atoms with Crippen LogP contribution in [0, 0.1) is 0 Å². The number of nitrogens with one attached hydrogen (secondary N) is 1. The molecule has 2 aromatic carbocycles. The lowest BCUT2D eigenvalue weighted by molar-refractivity contribution is 0.305. The van der Waals surface area contributed by atoms with E-state index in [0.717, 1.165) is 53.8 Å². The summed E-state index contributed by atoms with van der Waals surface area (Å²) in [5.41, 5.74) is 5.01. The first-order chi connectivity index (χ1) is 17.1. The molecule has 2 aromatic heterocycles. The first kappa shape index (κ1) is 26.4. The molecular formula is C28H35ClN4O2. The number of fused-ring (bicyclic) bond motifs is 3. The first-order valence-electron chi connectivity index (χ1n) is 12.3. The highest BCUT2D eigenvalue weighted by molar-refractivity contribution is 6.30. The van der Waals surface area contributed by atoms with Crippen molar-refractivity contribution in [2.75, 3.05) is 18.9 Å². The van der Waals surface area contributed by atoms with Crippen molar-refractivity contribution in [3.05, 3.63) is 93.0 Å². The number of hydrogen-bond donors (Lipinski definition) is 2. The molecule has 0 atom stereocenters. The Kier molecular flexibility index (Phi) is 9.40. The number of ether oxygens (including phenoxy) is 1. The minimum atomic E-state index is -0.158. The van der Waals surface area contributed by atoms with Gasteiger partial charge in [0.1, 0.15) is 12.4 Å². The Morgan fingerprint density at radius 2 is 1.69 bits per heavy atom. The van der Waals surface area contributed by atoms with Gasteiger partial charge in [-0.3, -0.25) is 14.0 Å². The minimum Gasteiger partial charge on any atom is -0.489 e. The van der Waals surface area contributed by atoms with Crippen LogP contribution >= 0.6 is 11.6 Å². The molecule has 7 heteroatoms. The SMILES string of the molecule is CC.CC.Nn1c2c(c3ccc(-n4ccc(OCc5ccc(Cl)cc5)cc4=O)cc31)CCNCC2. The molecule has 4 aromatic rings. The number of halogens is 1. The van der Waals surface area contributed by atoms with E-state index in [1.807, 2.05) is 64.1 Å². The molecule has 186 valence electrons. The standard InChI is InChI=1S/C24H23ClN4O2.2C2H6/c25-17-3-1-16(2-4-17)15-31-19-9-12-28(24(30)14-19)18-5-6-20-21-7-10-27-11-8-22(21)29(26)23(20)13-18;2*1-2/h1-6,9,12-14,27H,7-8,10-11,15,26H2;2*1-2H3. The van der Waals surface area contributed by atoms with Gasteiger partial charge in [-0.15, -0.1) is 0 Å². The Bertz CT molecular complexity index is 1310. The highest BCUT2D eigenvalue weighted by atomic mass is 35.5. The quantitative estimate of drug-likeness (QED) is 0.368. The van der Waals surface area contributed by atoms with Crippen LogP contribution in [0.3, 0.4) is 0 Å². The first-order valence-corrected chi connectivity index (χ1v) is 12.7. The van der Waals surface area contributed by atoms with E-state index in [1.165, 1.54) is 11.6 Å². The van der Waals surface area contributed by atoms with E-state index in [2.05, 4.69) is 11.4 Å². The molecule has 0 radical (unpaired) electrons. The van der Waals surface area contributed by atoms with Crippen molar-refractivity contribution in [2.24, 2.45) is 0 Å². The summed E-state index contributed by atoms with van der Waals surface area (Å²) in [6, 6.07) is 16.7. The van der Waals surface area contributed by atoms with Crippen molar-refractivity contribution in [3.8, 4) is 11.4 Å². The second kappa shape index (κ2) is 12.5. The van der Waals surface area contributed by atoms with E-state index < -0.39 is 0 Å². The summed E-state index contributed by atoms with van der Waals surface area (Å²) < 4.78 is 9.15. The van der Waals surface area contributed by atoms with Crippen molar-refractivity contribution in [3.63, 3.8) is 0 Å². The van der Waals surface area contributed by atoms with E-state index >= 15 is 0 Å². The smallest absolute Gasteiger partial charge is 0.258 e. The van der Waals surface area contributed by atoms with Crippen LogP contribution in [0.4, 0.5) is 0 Å². The van der Waals surface area contributed by atoms with Gasteiger partial charge in [0, 0.05) is 41.3 Å². The second-order valence-corrected chi connectivity index (χ2v) is 8.17. The van der Waals surface area contributed by atoms with Crippen LogP contribution in [0.5, 0.6) is 5.75 Å². The molecule has 0 amide bonds. The maximum absolute atomic E-state index is 12.8. The number of benzene rings is 2. The van der Waals surface area contributed by atoms with Gasteiger partial charge in [0.15, 0.2) is 0 Å². The molecular weight excluding hydrogens is 460 g/mol. The lowest BCUT2D eigenvalue weighted by Crippen LogP contribution is -2.19. The molecule has 0 bridgehead atoms. The summed E-state index contributed by atoms with van der Waals surface area (Å²) in [6.45, 7) is 10.2. The lowest BCUT2D eigenvalue weighted by Gasteiger charge is -2.10. The maximum Gasteiger partial charge on any atom is 0.258 e. The zero-order valence-electron chi connectivity index (χ0n) is 21.0. The molecule has 6 nitrogen and oxygen atoms in total. The fraction of sp³-hybridized carbons (Fsp3) is 0.321. The molecule has 3 heterocycles. The molecule has 0 saturated carbocycles. The zero-order valence-corrected chi connectivity index (χ0v) is 21.7. The highest BCUT2D eigenvalue weighted by Crippen LogP contribution is 2.28. The highest BCUT2D eigenvalue weighted by Gasteiger charge is 2.18. The van der Waals surface area contributed by atoms with Crippen molar-refractivity contribution in [2.45, 2.75) is 47.1 Å². The number of aromatic nitrogens is 2. The monoisotopic (exact) mass is 494 g/mol. The van der Waals surface area contributed by atoms with Crippen LogP contribution in [0.1, 0.15) is 44.5 Å². The Balaban J connectivity index is 0.000000815. The van der Waals surface area contributed by atoms with Gasteiger partial charge >= 0.3 is 0 Å². The topological polar surface area (TPSA) is 74.2 Å². The summed E-state index contributed by atoms with van der Waals surface area (Å²) in [4.78, 5) is 12.8. The van der Waals surface area contributed by atoms with E-state index in [0.29, 0.717) is 17.4 Å². The second-order valence-electron chi connectivity index (χ2n) is 7.73. The largest absolute Gasteiger partial charge is 0.489 e. The van der Waals surface area contributed by atoms with E-state index in [-0.39, 0.29) is 5.56 Å². The zero-order chi connectivity index (χ0) is 25.4. The fourth-order valence-corrected chi connectivity index (χ4v) is 4.30. The average molecular weight is 495 g/mol. The Hall–Kier alpha value is -3.22. The van der Waals surface area contributed by atoms with Gasteiger partial charge in [0.2, 0.25) is 0 Å². The molecule has 0 aliphatic carbocycles. The molecule has 5 rings (SSSR count). The summed E-state index contributed by atoms with van der Waals surface area (Å²) in [5.74, 6) is 6.94. The van der Waals surface area contributed by atoms with Crippen LogP contribution in [-0.4, -0.2) is 22.3 Å². The number of nitrogens with two attached hydrogens (primary N) is 1. The van der Waals surface area contributed by atoms with Crippen LogP contribution in [0.15, 0.2) is 65.6 Å². The number of nitrogen functional groups attached to an aromatic ring is 1. The number of nitrogens with zero attached hydrogens (tertiary/aromatic N) is 2. The molecule has 1 aliphatic rings. The van der Waals surface area contributed by atoms with Crippen LogP contribution in [0.2, 0.25) is 5.02 Å². The maximum atomic E-state index is 12.8. The molecule has 1 aliphatic heterocycles. The predicted molar refractivity (Wildman–Crippen MR) is 146 cm³/mol. The molecule has 0 fully saturated rings. The van der Waals surface area contributed by atoms with Gasteiger partial charge in [0.05, 0.1) is 11.2 Å². The van der Waals surface area contributed by atoms with E-state index in [9.17, 15) is 4.79 Å². The summed E-state index contributed by atoms with van der Waals surface area (Å²) in [7, 11) is 0. The third-order valence-electron chi connectivity index (χ3n) is 5.78. The number of rotatable bonds is 4. The van der Waals surface area contributed by atoms with Crippen molar-refractivity contribution in [1.82, 2.24) is 14.6 Å². The molecule has 0 saturated heterocycles. The third kappa shape index (κ3) is 5.89. The van der Waals surface area contributed by atoms with Crippen molar-refractivity contribution in [1.29, 1.82) is 0 Å². The Morgan fingerprint density at radius 3 is 2.40 bits per heavy atom. The predicted octanol–water partition coefficient (Wildman–Crippen LogP) is 5.48. The van der Waals surface area contributed by atoms with Gasteiger partial charge in [0.25, 0.3) is 5.56 Å². The van der Waals surface area contributed by atoms with E-state index in [4.69, 9.17) is 22.2 Å². The van der Waals surface area contributed by atoms with Gasteiger partial charge in [-0.1, -0.05) is 57.5 Å². The van der Waals surface area contributed by atoms with Gasteiger partial charge in [-0.05, 0) is 54.4 Å². The number of hydrogen-bond acceptors (Lipinski definition) is 4. The molecule has 3 N–H and O–H groups in total. The molecule has 0 spiro atoms. The normalized spacial score (nSPS) is 12.5. The molecule has 0 unspecified atom stereocenters. The number of pyridine rings is 1. The summed E-state index contributed by atoms with van der Waals surface area (Å²) >= 11 is 5.91. The van der Waals surface area contributed by atoms with E-state index in [1.54, 1.807) is 21.5 Å². The fourth-order valence-electron chi connectivity index (χ4n) is 4.18. The van der Waals surface area contributed by atoms with Gasteiger partial charge < -0.3 is 15.9 Å². The van der Waals surface area contributed by atoms with Crippen molar-refractivity contribution < 1.29 is 4.74 Å². The minimum absolute atomic E-state index is 0.158. The van der Waals surface area contributed by atoms with Crippen LogP contribution in [0.25, 0.3) is 16.6 Å². The average Bonchev–Trinajstić information content (AvgIpc) is 3.04. The van der Waals surface area contributed by atoms with Gasteiger partial charge in [-0.25, -0.2) is 0 Å². The van der Waals surface area contributed by atoms with Gasteiger partial charge in [-0.2, -0.15) is 0 Å². The Labute approximate surface area is 212 Å².